The van der Waals surface area contributed by atoms with E-state index in [0.717, 1.165) is 78.2 Å². The molecule has 0 unspecified atom stereocenters. The molecule has 0 saturated heterocycles. The Morgan fingerprint density at radius 1 is 0.644 bits per heavy atom. The molecule has 6 aromatic carbocycles. The molecule has 0 fully saturated rings. The molecule has 292 valence electrons. The van der Waals surface area contributed by atoms with Crippen LogP contribution in [0.5, 0.6) is 11.6 Å². The van der Waals surface area contributed by atoms with Gasteiger partial charge >= 0.3 is 0 Å². The number of ether oxygens (including phenoxy) is 1. The standard InChI is InChI=1S/C52H40N5O.Pt/c1-52(2,3)37-28-29-53-49(30-37)57-45-23-12-11-20-42(45)43-27-26-39(33-48(43)57)58-50-32-38(56-34-55(4)46-24-13-14-25-47(46)56)31-44(54-50)51-40(35-16-7-5-8-17-35)21-15-22-41(51)36-18-9-6-10-19-36;/h5-31,34H,1-4H3;/q-3;. The molecule has 4 heterocycles. The summed E-state index contributed by atoms with van der Waals surface area (Å²) in [5.74, 6) is 1.69. The van der Waals surface area contributed by atoms with Gasteiger partial charge in [-0.15, -0.1) is 17.5 Å². The van der Waals surface area contributed by atoms with Crippen molar-refractivity contribution in [1.29, 1.82) is 0 Å². The summed E-state index contributed by atoms with van der Waals surface area (Å²) >= 11 is 0. The third-order valence-corrected chi connectivity index (χ3v) is 10.9. The van der Waals surface area contributed by atoms with Crippen LogP contribution in [0.15, 0.2) is 164 Å². The van der Waals surface area contributed by atoms with Gasteiger partial charge in [-0.05, 0) is 87.3 Å². The van der Waals surface area contributed by atoms with Crippen LogP contribution in [0.3, 0.4) is 0 Å². The van der Waals surface area contributed by atoms with Crippen molar-refractivity contribution in [3.8, 4) is 51.0 Å². The zero-order valence-electron chi connectivity index (χ0n) is 33.1. The molecule has 7 heteroatoms. The summed E-state index contributed by atoms with van der Waals surface area (Å²) in [5.41, 5.74) is 12.2. The summed E-state index contributed by atoms with van der Waals surface area (Å²) in [4.78, 5) is 14.4. The molecule has 0 spiro atoms. The van der Waals surface area contributed by atoms with Gasteiger partial charge in [0.05, 0.1) is 0 Å². The minimum atomic E-state index is -0.0414. The van der Waals surface area contributed by atoms with Crippen molar-refractivity contribution < 1.29 is 25.8 Å². The van der Waals surface area contributed by atoms with E-state index in [0.29, 0.717) is 11.6 Å². The maximum atomic E-state index is 6.81. The molecule has 0 amide bonds. The van der Waals surface area contributed by atoms with E-state index in [9.17, 15) is 0 Å². The molecular formula is C52H40N5OPt-3. The first kappa shape index (κ1) is 38.0. The third kappa shape index (κ3) is 6.98. The smallest absolute Gasteiger partial charge is 0.135 e. The van der Waals surface area contributed by atoms with Crippen LogP contribution in [-0.2, 0) is 26.5 Å². The first-order chi connectivity index (χ1) is 28.3. The van der Waals surface area contributed by atoms with Crippen molar-refractivity contribution in [3.05, 3.63) is 188 Å². The summed E-state index contributed by atoms with van der Waals surface area (Å²) < 4.78 is 8.99. The number of pyridine rings is 2. The minimum Gasteiger partial charge on any atom is -0.504 e. The van der Waals surface area contributed by atoms with Crippen LogP contribution < -0.4 is 14.5 Å². The van der Waals surface area contributed by atoms with Crippen LogP contribution in [-0.4, -0.2) is 21.6 Å². The van der Waals surface area contributed by atoms with Crippen molar-refractivity contribution in [1.82, 2.24) is 14.5 Å². The molecule has 0 N–H and O–H groups in total. The summed E-state index contributed by atoms with van der Waals surface area (Å²) in [6, 6.07) is 61.9. The fourth-order valence-electron chi connectivity index (χ4n) is 8.03. The molecule has 59 heavy (non-hydrogen) atoms. The van der Waals surface area contributed by atoms with Gasteiger partial charge in [-0.25, -0.2) is 4.98 Å². The Labute approximate surface area is 359 Å². The fraction of sp³-hybridized carbons (Fsp3) is 0.0962. The van der Waals surface area contributed by atoms with Crippen LogP contribution in [0.4, 0.5) is 17.1 Å². The third-order valence-electron chi connectivity index (χ3n) is 10.9. The SMILES string of the molecule is CN1[CH-]N(c2[c-]c(Oc3[c-]c4c(cc3)c3ccccc3n4-c3cc(C(C)(C)C)ccn3)nc(-c3c(-c4ccccc4)cccc3-c3ccccc3)c2)c2ccccc21.[Pt]. The summed E-state index contributed by atoms with van der Waals surface area (Å²) in [6.07, 6.45) is 1.89. The average Bonchev–Trinajstić information content (AvgIpc) is 3.77. The van der Waals surface area contributed by atoms with E-state index >= 15 is 0 Å². The van der Waals surface area contributed by atoms with Crippen LogP contribution in [0.1, 0.15) is 26.3 Å². The van der Waals surface area contributed by atoms with Crippen LogP contribution in [0, 0.1) is 18.8 Å². The Morgan fingerprint density at radius 3 is 2.02 bits per heavy atom. The second-order valence-electron chi connectivity index (χ2n) is 15.7. The van der Waals surface area contributed by atoms with Crippen LogP contribution in [0.2, 0.25) is 0 Å². The zero-order valence-corrected chi connectivity index (χ0v) is 35.4. The summed E-state index contributed by atoms with van der Waals surface area (Å²) in [5, 5.41) is 2.18. The monoisotopic (exact) mass is 945 g/mol. The topological polar surface area (TPSA) is 46.4 Å². The number of benzene rings is 6. The second-order valence-corrected chi connectivity index (χ2v) is 15.7. The van der Waals surface area contributed by atoms with Gasteiger partial charge < -0.3 is 19.1 Å². The predicted molar refractivity (Wildman–Crippen MR) is 237 cm³/mol. The van der Waals surface area contributed by atoms with E-state index < -0.39 is 0 Å². The Kier molecular flexibility index (Phi) is 9.90. The van der Waals surface area contributed by atoms with E-state index in [4.69, 9.17) is 14.7 Å². The first-order valence-electron chi connectivity index (χ1n) is 19.5. The van der Waals surface area contributed by atoms with Gasteiger partial charge in [-0.2, -0.15) is 30.6 Å². The molecule has 1 aliphatic rings. The zero-order chi connectivity index (χ0) is 39.4. The fourth-order valence-corrected chi connectivity index (χ4v) is 8.03. The molecule has 9 aromatic rings. The van der Waals surface area contributed by atoms with Gasteiger partial charge in [0.2, 0.25) is 0 Å². The average molecular weight is 946 g/mol. The minimum absolute atomic E-state index is 0. The number of para-hydroxylation sites is 3. The number of anilines is 3. The van der Waals surface area contributed by atoms with E-state index in [-0.39, 0.29) is 26.5 Å². The Balaban J connectivity index is 0.00000449. The van der Waals surface area contributed by atoms with E-state index in [1.807, 2.05) is 24.4 Å². The number of rotatable bonds is 7. The van der Waals surface area contributed by atoms with Gasteiger partial charge in [0.25, 0.3) is 0 Å². The quantitative estimate of drug-likeness (QED) is 0.149. The van der Waals surface area contributed by atoms with E-state index in [1.165, 1.54) is 5.56 Å². The van der Waals surface area contributed by atoms with E-state index in [2.05, 4.69) is 201 Å². The first-order valence-corrected chi connectivity index (χ1v) is 19.5. The molecule has 6 nitrogen and oxygen atoms in total. The normalized spacial score (nSPS) is 12.5. The molecule has 3 aromatic heterocycles. The van der Waals surface area contributed by atoms with Gasteiger partial charge in [0, 0.05) is 49.9 Å². The molecule has 0 atom stereocenters. The summed E-state index contributed by atoms with van der Waals surface area (Å²) in [6.45, 7) is 8.75. The van der Waals surface area contributed by atoms with Crippen molar-refractivity contribution >= 4 is 38.9 Å². The molecule has 0 bridgehead atoms. The van der Waals surface area contributed by atoms with Crippen molar-refractivity contribution in [3.63, 3.8) is 0 Å². The number of aromatic nitrogens is 3. The largest absolute Gasteiger partial charge is 0.504 e. The number of fused-ring (bicyclic) bond motifs is 4. The van der Waals surface area contributed by atoms with Crippen LogP contribution >= 0.6 is 0 Å². The Bertz CT molecular complexity index is 2910. The Hall–Kier alpha value is -6.49. The maximum absolute atomic E-state index is 6.81. The van der Waals surface area contributed by atoms with Crippen molar-refractivity contribution in [2.24, 2.45) is 0 Å². The maximum Gasteiger partial charge on any atom is 0.135 e. The molecule has 0 aliphatic carbocycles. The number of nitrogens with zero attached hydrogens (tertiary/aromatic N) is 5. The van der Waals surface area contributed by atoms with Crippen molar-refractivity contribution in [2.75, 3.05) is 16.8 Å². The van der Waals surface area contributed by atoms with Gasteiger partial charge in [-0.3, -0.25) is 4.98 Å². The van der Waals surface area contributed by atoms with Gasteiger partial charge in [0.1, 0.15) is 11.7 Å². The Morgan fingerprint density at radius 2 is 1.31 bits per heavy atom. The molecular weight excluding hydrogens is 906 g/mol. The summed E-state index contributed by atoms with van der Waals surface area (Å²) in [7, 11) is 2.06. The molecule has 10 rings (SSSR count). The molecule has 0 radical (unpaired) electrons. The van der Waals surface area contributed by atoms with Crippen LogP contribution in [0.25, 0.3) is 61.1 Å². The second kappa shape index (κ2) is 15.4. The van der Waals surface area contributed by atoms with Gasteiger partial charge in [-0.1, -0.05) is 135 Å². The number of hydrogen-bond donors (Lipinski definition) is 0. The van der Waals surface area contributed by atoms with Crippen molar-refractivity contribution in [2.45, 2.75) is 26.2 Å². The van der Waals surface area contributed by atoms with E-state index in [1.54, 1.807) is 0 Å². The van der Waals surface area contributed by atoms with Gasteiger partial charge in [0.15, 0.2) is 0 Å². The predicted octanol–water partition coefficient (Wildman–Crippen LogP) is 13.0. The molecule has 0 saturated carbocycles. The number of hydrogen-bond acceptors (Lipinski definition) is 5. The molecule has 1 aliphatic heterocycles.